The molecule has 2 heterocycles. The lowest BCUT2D eigenvalue weighted by molar-refractivity contribution is 0.0143. The fourth-order valence-corrected chi connectivity index (χ4v) is 2.41. The summed E-state index contributed by atoms with van der Waals surface area (Å²) in [7, 11) is 0. The number of aromatic nitrogens is 1. The summed E-state index contributed by atoms with van der Waals surface area (Å²) in [4.78, 5) is 5.42. The van der Waals surface area contributed by atoms with Gasteiger partial charge >= 0.3 is 0 Å². The first kappa shape index (κ1) is 11.7. The van der Waals surface area contributed by atoms with E-state index in [1.165, 1.54) is 5.39 Å². The fourth-order valence-electron chi connectivity index (χ4n) is 2.41. The minimum Gasteiger partial charge on any atom is -0.387 e. The molecule has 2 aromatic rings. The molecule has 0 spiro atoms. The van der Waals surface area contributed by atoms with E-state index in [9.17, 15) is 5.11 Å². The normalized spacial score (nSPS) is 19.2. The van der Waals surface area contributed by atoms with Crippen LogP contribution in [0.1, 0.15) is 11.7 Å². The third-order valence-electron chi connectivity index (χ3n) is 3.50. The van der Waals surface area contributed by atoms with Crippen LogP contribution in [0.15, 0.2) is 30.5 Å². The monoisotopic (exact) mass is 246 g/mol. The van der Waals surface area contributed by atoms with Gasteiger partial charge in [-0.05, 0) is 23.1 Å². The van der Waals surface area contributed by atoms with Gasteiger partial charge in [0.25, 0.3) is 0 Å². The average molecular weight is 246 g/mol. The Morgan fingerprint density at radius 1 is 1.28 bits per heavy atom. The maximum atomic E-state index is 10.3. The number of rotatable bonds is 3. The van der Waals surface area contributed by atoms with E-state index in [0.29, 0.717) is 6.54 Å². The molecular weight excluding hydrogens is 228 g/mol. The van der Waals surface area contributed by atoms with Crippen LogP contribution >= 0.6 is 0 Å². The van der Waals surface area contributed by atoms with Crippen molar-refractivity contribution in [2.75, 3.05) is 32.8 Å². The smallest absolute Gasteiger partial charge is 0.0917 e. The highest BCUT2D eigenvalue weighted by Crippen LogP contribution is 2.20. The Kier molecular flexibility index (Phi) is 3.32. The van der Waals surface area contributed by atoms with E-state index in [2.05, 4.69) is 9.88 Å². The van der Waals surface area contributed by atoms with Gasteiger partial charge in [0, 0.05) is 31.3 Å². The molecule has 1 aromatic carbocycles. The maximum Gasteiger partial charge on any atom is 0.0917 e. The zero-order valence-corrected chi connectivity index (χ0v) is 10.3. The van der Waals surface area contributed by atoms with Crippen molar-refractivity contribution in [2.45, 2.75) is 6.10 Å². The number of ether oxygens (including phenoxy) is 1. The summed E-state index contributed by atoms with van der Waals surface area (Å²) < 4.78 is 5.31. The lowest BCUT2D eigenvalue weighted by Crippen LogP contribution is -2.38. The Balaban J connectivity index is 1.72. The molecule has 0 radical (unpaired) electrons. The van der Waals surface area contributed by atoms with Crippen molar-refractivity contribution < 1.29 is 9.84 Å². The van der Waals surface area contributed by atoms with E-state index in [0.717, 1.165) is 37.4 Å². The highest BCUT2D eigenvalue weighted by molar-refractivity contribution is 5.79. The lowest BCUT2D eigenvalue weighted by Gasteiger charge is -2.28. The second-order valence-electron chi connectivity index (χ2n) is 4.75. The first-order valence-corrected chi connectivity index (χ1v) is 6.38. The standard InChI is InChI=1S/C14H18N2O2/c17-14(10-16-5-7-18-8-6-16)12-2-1-11-3-4-15-13(11)9-12/h1-4,9,14-15,17H,5-8,10H2/t14-/m0/s1. The number of β-amino-alcohol motifs (C(OH)–C–C–N with tert-alkyl or cyclic N) is 1. The first-order valence-electron chi connectivity index (χ1n) is 6.38. The number of benzene rings is 1. The third kappa shape index (κ3) is 2.41. The van der Waals surface area contributed by atoms with Crippen LogP contribution in [0.25, 0.3) is 10.9 Å². The van der Waals surface area contributed by atoms with Gasteiger partial charge in [-0.3, -0.25) is 4.90 Å². The fraction of sp³-hybridized carbons (Fsp3) is 0.429. The summed E-state index contributed by atoms with van der Waals surface area (Å²) >= 11 is 0. The van der Waals surface area contributed by atoms with Gasteiger partial charge in [-0.15, -0.1) is 0 Å². The molecule has 0 saturated carbocycles. The molecule has 1 aromatic heterocycles. The van der Waals surface area contributed by atoms with Gasteiger partial charge in [0.1, 0.15) is 0 Å². The van der Waals surface area contributed by atoms with E-state index in [1.54, 1.807) is 0 Å². The topological polar surface area (TPSA) is 48.5 Å². The number of aliphatic hydroxyl groups is 1. The van der Waals surface area contributed by atoms with Crippen LogP contribution in [0.2, 0.25) is 0 Å². The average Bonchev–Trinajstić information content (AvgIpc) is 2.87. The third-order valence-corrected chi connectivity index (χ3v) is 3.50. The van der Waals surface area contributed by atoms with Gasteiger partial charge in [0.05, 0.1) is 19.3 Å². The predicted octanol–water partition coefficient (Wildman–Crippen LogP) is 1.53. The van der Waals surface area contributed by atoms with E-state index >= 15 is 0 Å². The summed E-state index contributed by atoms with van der Waals surface area (Å²) in [5.41, 5.74) is 2.05. The lowest BCUT2D eigenvalue weighted by atomic mass is 10.1. The highest BCUT2D eigenvalue weighted by atomic mass is 16.5. The van der Waals surface area contributed by atoms with Crippen LogP contribution < -0.4 is 0 Å². The van der Waals surface area contributed by atoms with Crippen molar-refractivity contribution in [1.29, 1.82) is 0 Å². The molecule has 18 heavy (non-hydrogen) atoms. The zero-order valence-electron chi connectivity index (χ0n) is 10.3. The second-order valence-corrected chi connectivity index (χ2v) is 4.75. The van der Waals surface area contributed by atoms with Crippen molar-refractivity contribution in [1.82, 2.24) is 9.88 Å². The van der Waals surface area contributed by atoms with E-state index in [1.807, 2.05) is 30.5 Å². The quantitative estimate of drug-likeness (QED) is 0.863. The highest BCUT2D eigenvalue weighted by Gasteiger charge is 2.16. The van der Waals surface area contributed by atoms with Crippen LogP contribution in [0.3, 0.4) is 0 Å². The Morgan fingerprint density at radius 3 is 2.94 bits per heavy atom. The van der Waals surface area contributed by atoms with Crippen molar-refractivity contribution in [3.05, 3.63) is 36.0 Å². The van der Waals surface area contributed by atoms with Gasteiger partial charge in [0.15, 0.2) is 0 Å². The Labute approximate surface area is 106 Å². The summed E-state index contributed by atoms with van der Waals surface area (Å²) in [5.74, 6) is 0. The SMILES string of the molecule is O[C@@H](CN1CCOCC1)c1ccc2cc[nH]c2c1. The number of aromatic amines is 1. The molecule has 2 N–H and O–H groups in total. The summed E-state index contributed by atoms with van der Waals surface area (Å²) in [5, 5.41) is 11.5. The predicted molar refractivity (Wildman–Crippen MR) is 70.5 cm³/mol. The minimum atomic E-state index is -0.434. The largest absolute Gasteiger partial charge is 0.387 e. The van der Waals surface area contributed by atoms with Crippen molar-refractivity contribution in [3.8, 4) is 0 Å². The zero-order chi connectivity index (χ0) is 12.4. The van der Waals surface area contributed by atoms with E-state index in [-0.39, 0.29) is 0 Å². The molecule has 96 valence electrons. The van der Waals surface area contributed by atoms with Crippen LogP contribution in [0.5, 0.6) is 0 Å². The van der Waals surface area contributed by atoms with Crippen LogP contribution in [-0.4, -0.2) is 47.8 Å². The molecule has 0 unspecified atom stereocenters. The van der Waals surface area contributed by atoms with Crippen molar-refractivity contribution in [3.63, 3.8) is 0 Å². The van der Waals surface area contributed by atoms with Crippen molar-refractivity contribution in [2.24, 2.45) is 0 Å². The van der Waals surface area contributed by atoms with Gasteiger partial charge in [-0.2, -0.15) is 0 Å². The van der Waals surface area contributed by atoms with Gasteiger partial charge in [0.2, 0.25) is 0 Å². The van der Waals surface area contributed by atoms with Crippen molar-refractivity contribution >= 4 is 10.9 Å². The number of morpholine rings is 1. The molecule has 1 atom stereocenters. The minimum absolute atomic E-state index is 0.434. The van der Waals surface area contributed by atoms with Gasteiger partial charge in [-0.25, -0.2) is 0 Å². The summed E-state index contributed by atoms with van der Waals surface area (Å²) in [6.07, 6.45) is 1.49. The number of hydrogen-bond acceptors (Lipinski definition) is 3. The van der Waals surface area contributed by atoms with Crippen LogP contribution in [0.4, 0.5) is 0 Å². The summed E-state index contributed by atoms with van der Waals surface area (Å²) in [6.45, 7) is 4.02. The number of nitrogens with one attached hydrogen (secondary N) is 1. The number of fused-ring (bicyclic) bond motifs is 1. The summed E-state index contributed by atoms with van der Waals surface area (Å²) in [6, 6.07) is 8.11. The number of aliphatic hydroxyl groups excluding tert-OH is 1. The van der Waals surface area contributed by atoms with Crippen LogP contribution in [0, 0.1) is 0 Å². The number of nitrogens with zero attached hydrogens (tertiary/aromatic N) is 1. The van der Waals surface area contributed by atoms with E-state index < -0.39 is 6.10 Å². The second kappa shape index (κ2) is 5.10. The molecule has 0 amide bonds. The molecule has 3 rings (SSSR count). The molecule has 0 aliphatic carbocycles. The molecule has 1 fully saturated rings. The molecule has 4 nitrogen and oxygen atoms in total. The van der Waals surface area contributed by atoms with Crippen LogP contribution in [-0.2, 0) is 4.74 Å². The molecule has 0 bridgehead atoms. The molecule has 1 saturated heterocycles. The Hall–Kier alpha value is -1.36. The molecular formula is C14H18N2O2. The van der Waals surface area contributed by atoms with Gasteiger partial charge < -0.3 is 14.8 Å². The first-order chi connectivity index (χ1) is 8.83. The Bertz CT molecular complexity index is 517. The maximum absolute atomic E-state index is 10.3. The van der Waals surface area contributed by atoms with E-state index in [4.69, 9.17) is 4.74 Å². The number of H-pyrrole nitrogens is 1. The number of hydrogen-bond donors (Lipinski definition) is 2. The molecule has 1 aliphatic heterocycles. The molecule has 4 heteroatoms. The Morgan fingerprint density at radius 2 is 2.11 bits per heavy atom. The van der Waals surface area contributed by atoms with Gasteiger partial charge in [-0.1, -0.05) is 12.1 Å². The molecule has 1 aliphatic rings.